The van der Waals surface area contributed by atoms with Gasteiger partial charge in [0, 0.05) is 27.1 Å². The summed E-state index contributed by atoms with van der Waals surface area (Å²) in [5.74, 6) is -3.60. The molecule has 142 valence electrons. The van der Waals surface area contributed by atoms with E-state index in [0.717, 1.165) is 7.11 Å². The zero-order valence-electron chi connectivity index (χ0n) is 15.4. The second kappa shape index (κ2) is 6.95. The van der Waals surface area contributed by atoms with Crippen LogP contribution in [0.2, 0.25) is 0 Å². The number of hydrogen-bond acceptors (Lipinski definition) is 9. The molecule has 0 aromatic carbocycles. The molecule has 0 bridgehead atoms. The minimum absolute atomic E-state index is 0.153. The van der Waals surface area contributed by atoms with Crippen LogP contribution in [-0.4, -0.2) is 61.8 Å². The molecule has 1 saturated carbocycles. The molecule has 26 heavy (non-hydrogen) atoms. The fourth-order valence-corrected chi connectivity index (χ4v) is 3.36. The van der Waals surface area contributed by atoms with Gasteiger partial charge in [-0.05, 0) is 19.4 Å². The highest BCUT2D eigenvalue weighted by Crippen LogP contribution is 2.47. The Kier molecular flexibility index (Phi) is 5.43. The molecule has 1 saturated heterocycles. The van der Waals surface area contributed by atoms with Gasteiger partial charge in [0.15, 0.2) is 5.60 Å². The number of methoxy groups -OCH3 is 3. The normalized spacial score (nSPS) is 39.3. The molecule has 2 aliphatic rings. The quantitative estimate of drug-likeness (QED) is 0.561. The second-order valence-electron chi connectivity index (χ2n) is 6.52. The number of nitrogens with zero attached hydrogens (tertiary/aromatic N) is 2. The van der Waals surface area contributed by atoms with E-state index in [1.807, 2.05) is 0 Å². The summed E-state index contributed by atoms with van der Waals surface area (Å²) in [5.41, 5.74) is -2.06. The number of ether oxygens (including phenoxy) is 5. The average Bonchev–Trinajstić information content (AvgIpc) is 2.63. The van der Waals surface area contributed by atoms with Crippen molar-refractivity contribution in [1.29, 1.82) is 10.5 Å². The van der Waals surface area contributed by atoms with Crippen molar-refractivity contribution in [3.8, 4) is 12.1 Å². The number of carbonyl (C=O) groups is 1. The van der Waals surface area contributed by atoms with E-state index in [2.05, 4.69) is 4.74 Å². The summed E-state index contributed by atoms with van der Waals surface area (Å²) < 4.78 is 27.6. The summed E-state index contributed by atoms with van der Waals surface area (Å²) in [6, 6.07) is 3.55. The van der Waals surface area contributed by atoms with Crippen molar-refractivity contribution in [2.75, 3.05) is 21.3 Å². The van der Waals surface area contributed by atoms with E-state index < -0.39 is 35.4 Å². The van der Waals surface area contributed by atoms with Gasteiger partial charge in [0.1, 0.15) is 23.8 Å². The molecule has 0 spiro atoms. The zero-order valence-corrected chi connectivity index (χ0v) is 15.4. The van der Waals surface area contributed by atoms with Gasteiger partial charge in [-0.15, -0.1) is 0 Å². The van der Waals surface area contributed by atoms with Gasteiger partial charge in [0.25, 0.3) is 0 Å². The van der Waals surface area contributed by atoms with Gasteiger partial charge in [-0.3, -0.25) is 0 Å². The van der Waals surface area contributed by atoms with Gasteiger partial charge in [-0.2, -0.15) is 10.5 Å². The molecule has 1 aliphatic carbocycles. The third-order valence-electron chi connectivity index (χ3n) is 5.15. The molecule has 0 radical (unpaired) electrons. The van der Waals surface area contributed by atoms with Crippen LogP contribution in [0.25, 0.3) is 0 Å². The maximum Gasteiger partial charge on any atom is 0.338 e. The van der Waals surface area contributed by atoms with Crippen LogP contribution in [0, 0.1) is 22.7 Å². The number of allylic oxidation sites excluding steroid dienone is 1. The van der Waals surface area contributed by atoms with Gasteiger partial charge in [0.05, 0.1) is 13.2 Å². The lowest BCUT2D eigenvalue weighted by molar-refractivity contribution is -0.448. The fraction of sp³-hybridized carbons (Fsp3) is 0.706. The fourth-order valence-electron chi connectivity index (χ4n) is 3.36. The second-order valence-corrected chi connectivity index (χ2v) is 6.52. The van der Waals surface area contributed by atoms with E-state index in [1.165, 1.54) is 14.2 Å². The molecule has 2 rings (SSSR count). The third kappa shape index (κ3) is 2.98. The number of carbonyl (C=O) groups excluding carboxylic acids is 1. The summed E-state index contributed by atoms with van der Waals surface area (Å²) in [7, 11) is 3.96. The Balaban J connectivity index is 2.58. The Bertz CT molecular complexity index is 693. The molecule has 5 atom stereocenters. The van der Waals surface area contributed by atoms with Crippen molar-refractivity contribution >= 4 is 5.97 Å². The summed E-state index contributed by atoms with van der Waals surface area (Å²) in [6.07, 6.45) is -2.18. The Labute approximate surface area is 151 Å². The van der Waals surface area contributed by atoms with Crippen molar-refractivity contribution in [3.63, 3.8) is 0 Å². The zero-order chi connectivity index (χ0) is 19.8. The average molecular weight is 366 g/mol. The van der Waals surface area contributed by atoms with Gasteiger partial charge < -0.3 is 28.8 Å². The molecule has 0 unspecified atom stereocenters. The van der Waals surface area contributed by atoms with Crippen molar-refractivity contribution in [3.05, 3.63) is 11.1 Å². The summed E-state index contributed by atoms with van der Waals surface area (Å²) >= 11 is 0. The SMILES string of the molecule is COC(=O)[C@]1(O)CC(=C(C#N)C#N)[C@H]2O[C@](C)(OC)[C@@](C)(OC)O[C@@H]2C1. The lowest BCUT2D eigenvalue weighted by Crippen LogP contribution is -2.68. The Morgan fingerprint density at radius 3 is 2.15 bits per heavy atom. The topological polar surface area (TPSA) is 131 Å². The van der Waals surface area contributed by atoms with E-state index in [0.29, 0.717) is 0 Å². The lowest BCUT2D eigenvalue weighted by Gasteiger charge is -2.55. The molecule has 2 fully saturated rings. The van der Waals surface area contributed by atoms with Crippen molar-refractivity contribution in [2.24, 2.45) is 0 Å². The van der Waals surface area contributed by atoms with Crippen LogP contribution in [0.4, 0.5) is 0 Å². The van der Waals surface area contributed by atoms with E-state index in [9.17, 15) is 20.4 Å². The van der Waals surface area contributed by atoms with Crippen molar-refractivity contribution < 1.29 is 33.6 Å². The predicted octanol–water partition coefficient (Wildman–Crippen LogP) is 0.537. The summed E-state index contributed by atoms with van der Waals surface area (Å²) in [6.45, 7) is 3.20. The highest BCUT2D eigenvalue weighted by Gasteiger charge is 2.61. The van der Waals surface area contributed by atoms with E-state index in [1.54, 1.807) is 26.0 Å². The Morgan fingerprint density at radius 1 is 1.15 bits per heavy atom. The van der Waals surface area contributed by atoms with Gasteiger partial charge in [0.2, 0.25) is 11.6 Å². The van der Waals surface area contributed by atoms with Crippen LogP contribution < -0.4 is 0 Å². The molecule has 1 N–H and O–H groups in total. The number of aliphatic hydroxyl groups is 1. The number of hydrogen-bond donors (Lipinski definition) is 1. The Morgan fingerprint density at radius 2 is 1.69 bits per heavy atom. The van der Waals surface area contributed by atoms with Crippen molar-refractivity contribution in [2.45, 2.75) is 56.1 Å². The van der Waals surface area contributed by atoms with E-state index >= 15 is 0 Å². The van der Waals surface area contributed by atoms with Gasteiger partial charge >= 0.3 is 5.97 Å². The molecule has 0 amide bonds. The van der Waals surface area contributed by atoms with Gasteiger partial charge in [-0.1, -0.05) is 0 Å². The number of rotatable bonds is 3. The monoisotopic (exact) mass is 366 g/mol. The number of esters is 1. The maximum atomic E-state index is 12.1. The van der Waals surface area contributed by atoms with E-state index in [4.69, 9.17) is 18.9 Å². The smallest absolute Gasteiger partial charge is 0.338 e. The third-order valence-corrected chi connectivity index (χ3v) is 5.15. The number of nitriles is 2. The molecular formula is C17H22N2O7. The minimum Gasteiger partial charge on any atom is -0.467 e. The Hall–Kier alpha value is -2.01. The van der Waals surface area contributed by atoms with Crippen LogP contribution in [-0.2, 0) is 28.5 Å². The van der Waals surface area contributed by atoms with Crippen LogP contribution in [0.5, 0.6) is 0 Å². The lowest BCUT2D eigenvalue weighted by atomic mass is 9.75. The van der Waals surface area contributed by atoms with Gasteiger partial charge in [-0.25, -0.2) is 4.79 Å². The molecule has 0 aromatic rings. The predicted molar refractivity (Wildman–Crippen MR) is 85.0 cm³/mol. The molecule has 9 heteroatoms. The highest BCUT2D eigenvalue weighted by atomic mass is 16.8. The molecule has 0 aromatic heterocycles. The number of fused-ring (bicyclic) bond motifs is 1. The molecule has 1 aliphatic heterocycles. The first-order chi connectivity index (χ1) is 12.1. The maximum absolute atomic E-state index is 12.1. The van der Waals surface area contributed by atoms with E-state index in [-0.39, 0.29) is 24.0 Å². The van der Waals surface area contributed by atoms with Crippen LogP contribution >= 0.6 is 0 Å². The van der Waals surface area contributed by atoms with Crippen LogP contribution in [0.15, 0.2) is 11.1 Å². The highest BCUT2D eigenvalue weighted by molar-refractivity contribution is 5.80. The first kappa shape index (κ1) is 20.3. The van der Waals surface area contributed by atoms with Crippen molar-refractivity contribution in [1.82, 2.24) is 0 Å². The standard InChI is InChI=1S/C17H22N2O7/c1-15(23-4)16(2,24-5)26-13-11(10(8-18)9-19)6-17(21,14(20)22-3)7-12(13)25-15/h12-13,21H,6-7H2,1-5H3/t12-,13-,15+,16+,17+/m1/s1. The first-order valence-corrected chi connectivity index (χ1v) is 7.93. The van der Waals surface area contributed by atoms with Crippen LogP contribution in [0.3, 0.4) is 0 Å². The largest absolute Gasteiger partial charge is 0.467 e. The molecule has 1 heterocycles. The summed E-state index contributed by atoms with van der Waals surface area (Å²) in [4.78, 5) is 12.1. The molecular weight excluding hydrogens is 344 g/mol. The first-order valence-electron chi connectivity index (χ1n) is 7.93. The van der Waals surface area contributed by atoms with Crippen LogP contribution in [0.1, 0.15) is 26.7 Å². The molecule has 9 nitrogen and oxygen atoms in total. The summed E-state index contributed by atoms with van der Waals surface area (Å²) in [5, 5.41) is 29.4. The minimum atomic E-state index is -1.96.